The molecule has 3 nitrogen and oxygen atoms in total. The zero-order valence-electron chi connectivity index (χ0n) is 6.39. The Morgan fingerprint density at radius 1 is 1.64 bits per heavy atom. The van der Waals surface area contributed by atoms with Crippen LogP contribution in [0.3, 0.4) is 0 Å². The van der Waals surface area contributed by atoms with Gasteiger partial charge in [-0.3, -0.25) is 4.57 Å². The molecule has 0 radical (unpaired) electrons. The molecule has 11 heavy (non-hydrogen) atoms. The summed E-state index contributed by atoms with van der Waals surface area (Å²) in [7, 11) is -2.29. The topological polar surface area (TPSA) is 34.9 Å². The highest BCUT2D eigenvalue weighted by Gasteiger charge is 2.15. The first-order valence-electron chi connectivity index (χ1n) is 3.09. The number of hydrogen-bond donors (Lipinski definition) is 0. The highest BCUT2D eigenvalue weighted by atomic mass is 32.1. The van der Waals surface area contributed by atoms with Crippen LogP contribution in [0.1, 0.15) is 0 Å². The molecule has 1 aromatic rings. The molecule has 1 aromatic heterocycles. The fourth-order valence-electron chi connectivity index (χ4n) is 0.650. The summed E-state index contributed by atoms with van der Waals surface area (Å²) in [5.74, 6) is 0. The van der Waals surface area contributed by atoms with Crippen molar-refractivity contribution in [3.8, 4) is 0 Å². The van der Waals surface area contributed by atoms with Crippen LogP contribution in [-0.4, -0.2) is 27.6 Å². The van der Waals surface area contributed by atoms with E-state index in [2.05, 4.69) is 4.98 Å². The Bertz CT molecular complexity index is 300. The van der Waals surface area contributed by atoms with Crippen molar-refractivity contribution in [2.24, 2.45) is 0 Å². The van der Waals surface area contributed by atoms with E-state index in [-0.39, 0.29) is 0 Å². The van der Waals surface area contributed by atoms with Gasteiger partial charge < -0.3 is 4.57 Å². The van der Waals surface area contributed by atoms with Crippen molar-refractivity contribution in [2.75, 3.05) is 13.3 Å². The number of thiocarbonyl (C=S) groups is 1. The SMILES string of the molecule is CP(C)(=O)C(=S)n1ccnc1. The average Bonchev–Trinajstić information content (AvgIpc) is 2.34. The normalized spacial score (nSPS) is 11.5. The monoisotopic (exact) mass is 188 g/mol. The molecule has 0 saturated carbocycles. The van der Waals surface area contributed by atoms with E-state index in [0.29, 0.717) is 4.73 Å². The lowest BCUT2D eigenvalue weighted by Gasteiger charge is -2.07. The van der Waals surface area contributed by atoms with E-state index in [1.54, 1.807) is 36.6 Å². The van der Waals surface area contributed by atoms with Crippen LogP contribution in [0.25, 0.3) is 0 Å². The van der Waals surface area contributed by atoms with Gasteiger partial charge in [0.1, 0.15) is 11.9 Å². The Labute approximate surface area is 70.8 Å². The first-order chi connectivity index (χ1) is 5.02. The largest absolute Gasteiger partial charge is 0.317 e. The molecule has 0 N–H and O–H groups in total. The van der Waals surface area contributed by atoms with E-state index in [0.717, 1.165) is 0 Å². The van der Waals surface area contributed by atoms with Gasteiger partial charge in [0.25, 0.3) is 0 Å². The molecule has 5 heteroatoms. The summed E-state index contributed by atoms with van der Waals surface area (Å²) in [5, 5.41) is 0. The molecule has 0 aliphatic rings. The lowest BCUT2D eigenvalue weighted by atomic mass is 10.9. The summed E-state index contributed by atoms with van der Waals surface area (Å²) in [5.41, 5.74) is 0. The van der Waals surface area contributed by atoms with Gasteiger partial charge in [0.15, 0.2) is 0 Å². The molecule has 0 aromatic carbocycles. The average molecular weight is 188 g/mol. The molecule has 0 aliphatic heterocycles. The first-order valence-corrected chi connectivity index (χ1v) is 6.10. The molecule has 0 bridgehead atoms. The summed E-state index contributed by atoms with van der Waals surface area (Å²) in [6, 6.07) is 0. The van der Waals surface area contributed by atoms with Crippen LogP contribution in [0.5, 0.6) is 0 Å². The van der Waals surface area contributed by atoms with Crippen LogP contribution in [0.4, 0.5) is 0 Å². The van der Waals surface area contributed by atoms with Crippen LogP contribution >= 0.6 is 19.4 Å². The molecular formula is C6H9N2OPS. The first kappa shape index (κ1) is 8.62. The highest BCUT2D eigenvalue weighted by Crippen LogP contribution is 2.38. The maximum Gasteiger partial charge on any atom is 0.147 e. The van der Waals surface area contributed by atoms with Crippen LogP contribution in [-0.2, 0) is 4.57 Å². The van der Waals surface area contributed by atoms with Crippen molar-refractivity contribution in [1.29, 1.82) is 0 Å². The molecule has 0 unspecified atom stereocenters. The summed E-state index contributed by atoms with van der Waals surface area (Å²) in [6.45, 7) is 3.30. The fraction of sp³-hybridized carbons (Fsp3) is 0.333. The van der Waals surface area contributed by atoms with Crippen molar-refractivity contribution >= 4 is 24.1 Å². The van der Waals surface area contributed by atoms with Gasteiger partial charge >= 0.3 is 0 Å². The van der Waals surface area contributed by atoms with Crippen LogP contribution in [0, 0.1) is 0 Å². The maximum absolute atomic E-state index is 11.4. The van der Waals surface area contributed by atoms with Crippen molar-refractivity contribution in [2.45, 2.75) is 0 Å². The number of rotatable bonds is 1. The van der Waals surface area contributed by atoms with E-state index in [1.165, 1.54) is 0 Å². The van der Waals surface area contributed by atoms with Gasteiger partial charge in [0, 0.05) is 12.4 Å². The van der Waals surface area contributed by atoms with Gasteiger partial charge in [-0.1, -0.05) is 12.2 Å². The van der Waals surface area contributed by atoms with Crippen molar-refractivity contribution in [3.05, 3.63) is 18.7 Å². The van der Waals surface area contributed by atoms with E-state index in [1.807, 2.05) is 0 Å². The van der Waals surface area contributed by atoms with Crippen molar-refractivity contribution < 1.29 is 4.57 Å². The zero-order valence-corrected chi connectivity index (χ0v) is 8.10. The zero-order chi connectivity index (χ0) is 8.48. The molecule has 0 atom stereocenters. The van der Waals surface area contributed by atoms with Crippen LogP contribution in [0.2, 0.25) is 0 Å². The van der Waals surface area contributed by atoms with Gasteiger partial charge in [0.2, 0.25) is 0 Å². The Kier molecular flexibility index (Phi) is 2.25. The predicted molar refractivity (Wildman–Crippen MR) is 49.7 cm³/mol. The van der Waals surface area contributed by atoms with Crippen LogP contribution < -0.4 is 0 Å². The third-order valence-corrected chi connectivity index (χ3v) is 3.87. The van der Waals surface area contributed by atoms with Gasteiger partial charge in [-0.15, -0.1) is 0 Å². The van der Waals surface area contributed by atoms with Crippen molar-refractivity contribution in [3.63, 3.8) is 0 Å². The quantitative estimate of drug-likeness (QED) is 0.496. The number of aromatic nitrogens is 2. The van der Waals surface area contributed by atoms with Crippen LogP contribution in [0.15, 0.2) is 18.7 Å². The minimum atomic E-state index is -2.29. The van der Waals surface area contributed by atoms with Gasteiger partial charge in [-0.25, -0.2) is 4.98 Å². The molecule has 1 heterocycles. The molecule has 0 amide bonds. The highest BCUT2D eigenvalue weighted by molar-refractivity contribution is 8.00. The summed E-state index contributed by atoms with van der Waals surface area (Å²) < 4.78 is 13.5. The molecular weight excluding hydrogens is 179 g/mol. The smallest absolute Gasteiger partial charge is 0.147 e. The summed E-state index contributed by atoms with van der Waals surface area (Å²) >= 11 is 4.97. The molecule has 0 spiro atoms. The Hall–Kier alpha value is -0.470. The second kappa shape index (κ2) is 2.88. The second-order valence-electron chi connectivity index (χ2n) is 2.60. The number of nitrogens with zero attached hydrogens (tertiary/aromatic N) is 2. The van der Waals surface area contributed by atoms with Gasteiger partial charge in [-0.2, -0.15) is 0 Å². The van der Waals surface area contributed by atoms with E-state index < -0.39 is 7.14 Å². The van der Waals surface area contributed by atoms with E-state index >= 15 is 0 Å². The Morgan fingerprint density at radius 2 is 2.27 bits per heavy atom. The number of imidazole rings is 1. The minimum absolute atomic E-state index is 0.454. The Morgan fingerprint density at radius 3 is 2.64 bits per heavy atom. The standard InChI is InChI=1S/C6H9N2OPS/c1-10(2,9)6(11)8-4-3-7-5-8/h3-5H,1-2H3. The Balaban J connectivity index is 2.97. The third kappa shape index (κ3) is 1.98. The van der Waals surface area contributed by atoms with Gasteiger partial charge in [-0.05, 0) is 13.3 Å². The summed E-state index contributed by atoms with van der Waals surface area (Å²) in [6.07, 6.45) is 4.87. The lowest BCUT2D eigenvalue weighted by molar-refractivity contribution is 0.589. The maximum atomic E-state index is 11.4. The minimum Gasteiger partial charge on any atom is -0.317 e. The lowest BCUT2D eigenvalue weighted by Crippen LogP contribution is -2.05. The predicted octanol–water partition coefficient (Wildman–Crippen LogP) is 1.64. The number of hydrogen-bond acceptors (Lipinski definition) is 3. The summed E-state index contributed by atoms with van der Waals surface area (Å²) in [4.78, 5) is 3.81. The van der Waals surface area contributed by atoms with Crippen molar-refractivity contribution in [1.82, 2.24) is 9.55 Å². The third-order valence-electron chi connectivity index (χ3n) is 1.19. The van der Waals surface area contributed by atoms with Gasteiger partial charge in [0.05, 0.1) is 6.33 Å². The fourth-order valence-corrected chi connectivity index (χ4v) is 1.43. The molecule has 0 aliphatic carbocycles. The molecule has 1 rings (SSSR count). The second-order valence-corrected chi connectivity index (χ2v) is 6.42. The van der Waals surface area contributed by atoms with E-state index in [9.17, 15) is 4.57 Å². The molecule has 0 fully saturated rings. The molecule has 0 saturated heterocycles. The molecule has 60 valence electrons. The van der Waals surface area contributed by atoms with E-state index in [4.69, 9.17) is 12.2 Å².